The molecule has 2 aromatic rings. The van der Waals surface area contributed by atoms with Crippen LogP contribution in [0.3, 0.4) is 0 Å². The van der Waals surface area contributed by atoms with Gasteiger partial charge in [-0.05, 0) is 48.5 Å². The second-order valence-electron chi connectivity index (χ2n) is 5.27. The van der Waals surface area contributed by atoms with Gasteiger partial charge >= 0.3 is 12.1 Å². The van der Waals surface area contributed by atoms with Gasteiger partial charge in [-0.1, -0.05) is 0 Å². The van der Waals surface area contributed by atoms with E-state index in [1.807, 2.05) is 0 Å². The van der Waals surface area contributed by atoms with Gasteiger partial charge in [-0.15, -0.1) is 0 Å². The molecule has 1 amide bonds. The number of halogens is 3. The third-order valence-corrected chi connectivity index (χ3v) is 4.18. The first-order valence-corrected chi connectivity index (χ1v) is 8.78. The zero-order chi connectivity index (χ0) is 20.2. The largest absolute Gasteiger partial charge is 0.452 e. The van der Waals surface area contributed by atoms with Crippen molar-refractivity contribution in [3.8, 4) is 0 Å². The Labute approximate surface area is 152 Å². The summed E-state index contributed by atoms with van der Waals surface area (Å²) < 4.78 is 64.4. The smallest absolute Gasteiger partial charge is 0.416 e. The molecule has 0 aliphatic heterocycles. The summed E-state index contributed by atoms with van der Waals surface area (Å²) in [5.41, 5.74) is -0.828. The number of carbonyl (C=O) groups excluding carboxylic acids is 2. The zero-order valence-corrected chi connectivity index (χ0v) is 14.3. The molecule has 2 aromatic carbocycles. The number of carbonyl (C=O) groups is 2. The van der Waals surface area contributed by atoms with Crippen LogP contribution in [0.4, 0.5) is 18.9 Å². The first-order valence-electron chi connectivity index (χ1n) is 7.24. The molecule has 0 atom stereocenters. The van der Waals surface area contributed by atoms with Gasteiger partial charge in [0.25, 0.3) is 5.91 Å². The van der Waals surface area contributed by atoms with E-state index >= 15 is 0 Å². The first kappa shape index (κ1) is 20.4. The fourth-order valence-electron chi connectivity index (χ4n) is 1.93. The molecule has 2 rings (SSSR count). The van der Waals surface area contributed by atoms with Crippen LogP contribution in [0.1, 0.15) is 15.9 Å². The number of sulfonamides is 1. The molecule has 7 nitrogen and oxygen atoms in total. The molecule has 0 aromatic heterocycles. The topological polar surface area (TPSA) is 116 Å². The fraction of sp³-hybridized carbons (Fsp3) is 0.125. The van der Waals surface area contributed by atoms with Crippen molar-refractivity contribution < 1.29 is 35.9 Å². The Morgan fingerprint density at radius 1 is 1.00 bits per heavy atom. The molecule has 3 N–H and O–H groups in total. The molecule has 0 aliphatic carbocycles. The third-order valence-electron chi connectivity index (χ3n) is 3.25. The van der Waals surface area contributed by atoms with Gasteiger partial charge in [0.1, 0.15) is 0 Å². The van der Waals surface area contributed by atoms with Crippen LogP contribution >= 0.6 is 0 Å². The lowest BCUT2D eigenvalue weighted by atomic mass is 10.1. The summed E-state index contributed by atoms with van der Waals surface area (Å²) in [4.78, 5) is 23.3. The van der Waals surface area contributed by atoms with Crippen molar-refractivity contribution in [3.05, 3.63) is 59.7 Å². The van der Waals surface area contributed by atoms with Crippen molar-refractivity contribution >= 4 is 27.6 Å². The number of hydrogen-bond donors (Lipinski definition) is 2. The van der Waals surface area contributed by atoms with E-state index in [2.05, 4.69) is 5.32 Å². The van der Waals surface area contributed by atoms with Crippen LogP contribution < -0.4 is 10.5 Å². The van der Waals surface area contributed by atoms with E-state index in [0.717, 1.165) is 24.3 Å². The monoisotopic (exact) mass is 402 g/mol. The van der Waals surface area contributed by atoms with Crippen molar-refractivity contribution in [3.63, 3.8) is 0 Å². The quantitative estimate of drug-likeness (QED) is 0.744. The summed E-state index contributed by atoms with van der Waals surface area (Å²) in [6, 6.07) is 8.26. The molecule has 0 spiro atoms. The van der Waals surface area contributed by atoms with Crippen molar-refractivity contribution in [2.24, 2.45) is 5.14 Å². The van der Waals surface area contributed by atoms with Gasteiger partial charge in [-0.3, -0.25) is 4.79 Å². The van der Waals surface area contributed by atoms with Crippen LogP contribution in [0.25, 0.3) is 0 Å². The molecule has 0 radical (unpaired) electrons. The predicted molar refractivity (Wildman–Crippen MR) is 88.2 cm³/mol. The molecule has 0 saturated heterocycles. The van der Waals surface area contributed by atoms with Crippen molar-refractivity contribution in [1.29, 1.82) is 0 Å². The zero-order valence-electron chi connectivity index (χ0n) is 13.5. The van der Waals surface area contributed by atoms with Crippen LogP contribution in [0, 0.1) is 0 Å². The molecule has 27 heavy (non-hydrogen) atoms. The maximum Gasteiger partial charge on any atom is 0.416 e. The second-order valence-corrected chi connectivity index (χ2v) is 6.83. The number of hydrogen-bond acceptors (Lipinski definition) is 5. The number of benzene rings is 2. The highest BCUT2D eigenvalue weighted by atomic mass is 32.2. The Kier molecular flexibility index (Phi) is 5.86. The van der Waals surface area contributed by atoms with E-state index in [1.165, 1.54) is 24.3 Å². The molecule has 0 saturated carbocycles. The number of ether oxygens (including phenoxy) is 1. The Morgan fingerprint density at radius 3 is 2.04 bits per heavy atom. The Hall–Kier alpha value is -2.92. The highest BCUT2D eigenvalue weighted by Crippen LogP contribution is 2.29. The van der Waals surface area contributed by atoms with E-state index in [9.17, 15) is 31.2 Å². The lowest BCUT2D eigenvalue weighted by Crippen LogP contribution is -2.21. The van der Waals surface area contributed by atoms with Crippen LogP contribution in [0.15, 0.2) is 53.4 Å². The maximum absolute atomic E-state index is 12.5. The van der Waals surface area contributed by atoms with Crippen LogP contribution in [-0.2, 0) is 25.7 Å². The molecule has 144 valence electrons. The maximum atomic E-state index is 12.5. The fourth-order valence-corrected chi connectivity index (χ4v) is 2.45. The number of nitrogens with two attached hydrogens (primary N) is 1. The highest BCUT2D eigenvalue weighted by Gasteiger charge is 2.30. The van der Waals surface area contributed by atoms with Crippen LogP contribution in [0.2, 0.25) is 0 Å². The van der Waals surface area contributed by atoms with E-state index in [0.29, 0.717) is 0 Å². The molecule has 0 bridgehead atoms. The summed E-state index contributed by atoms with van der Waals surface area (Å²) in [7, 11) is -3.86. The molecule has 0 aliphatic rings. The average Bonchev–Trinajstić information content (AvgIpc) is 2.58. The number of anilines is 1. The number of rotatable bonds is 5. The van der Waals surface area contributed by atoms with Crippen molar-refractivity contribution in [1.82, 2.24) is 0 Å². The van der Waals surface area contributed by atoms with Gasteiger partial charge in [0.05, 0.1) is 16.0 Å². The van der Waals surface area contributed by atoms with E-state index in [4.69, 9.17) is 9.88 Å². The number of primary sulfonamides is 1. The minimum absolute atomic E-state index is 0.144. The van der Waals surface area contributed by atoms with Crippen LogP contribution in [-0.4, -0.2) is 26.9 Å². The molecular formula is C16H13F3N2O5S. The van der Waals surface area contributed by atoms with Gasteiger partial charge in [0.15, 0.2) is 6.61 Å². The molecule has 0 unspecified atom stereocenters. The van der Waals surface area contributed by atoms with Gasteiger partial charge in [-0.2, -0.15) is 13.2 Å². The summed E-state index contributed by atoms with van der Waals surface area (Å²) >= 11 is 0. The van der Waals surface area contributed by atoms with Gasteiger partial charge in [0.2, 0.25) is 10.0 Å². The number of alkyl halides is 3. The number of amides is 1. The summed E-state index contributed by atoms with van der Waals surface area (Å²) in [6.07, 6.45) is -4.53. The standard InChI is InChI=1S/C16H13F3N2O5S/c17-16(18,19)11-3-1-10(2-4-11)15(23)26-9-14(22)21-12-5-7-13(8-6-12)27(20,24)25/h1-8H,9H2,(H,21,22)(H2,20,24,25). The Bertz CT molecular complexity index is 940. The van der Waals surface area contributed by atoms with E-state index in [-0.39, 0.29) is 16.1 Å². The Morgan fingerprint density at radius 2 is 1.56 bits per heavy atom. The summed E-state index contributed by atoms with van der Waals surface area (Å²) in [5.74, 6) is -1.69. The second kappa shape index (κ2) is 7.76. The lowest BCUT2D eigenvalue weighted by molar-refractivity contribution is -0.137. The summed E-state index contributed by atoms with van der Waals surface area (Å²) in [5, 5.41) is 7.30. The third kappa shape index (κ3) is 5.79. The van der Waals surface area contributed by atoms with E-state index in [1.54, 1.807) is 0 Å². The molecule has 11 heteroatoms. The van der Waals surface area contributed by atoms with Crippen LogP contribution in [0.5, 0.6) is 0 Å². The van der Waals surface area contributed by atoms with Gasteiger partial charge in [-0.25, -0.2) is 18.4 Å². The lowest BCUT2D eigenvalue weighted by Gasteiger charge is -2.09. The average molecular weight is 402 g/mol. The first-order chi connectivity index (χ1) is 12.5. The molecule has 0 fully saturated rings. The molecular weight excluding hydrogens is 389 g/mol. The minimum Gasteiger partial charge on any atom is -0.452 e. The minimum atomic E-state index is -4.53. The normalized spacial score (nSPS) is 11.7. The predicted octanol–water partition coefficient (Wildman–Crippen LogP) is 2.15. The van der Waals surface area contributed by atoms with Crippen molar-refractivity contribution in [2.45, 2.75) is 11.1 Å². The van der Waals surface area contributed by atoms with Crippen molar-refractivity contribution in [2.75, 3.05) is 11.9 Å². The Balaban J connectivity index is 1.90. The van der Waals surface area contributed by atoms with Gasteiger partial charge in [0, 0.05) is 5.69 Å². The highest BCUT2D eigenvalue weighted by molar-refractivity contribution is 7.89. The summed E-state index contributed by atoms with van der Waals surface area (Å²) in [6.45, 7) is -0.684. The SMILES string of the molecule is NS(=O)(=O)c1ccc(NC(=O)COC(=O)c2ccc(C(F)(F)F)cc2)cc1. The molecule has 0 heterocycles. The number of esters is 1. The number of nitrogens with one attached hydrogen (secondary N) is 1. The van der Waals surface area contributed by atoms with E-state index < -0.39 is 40.2 Å². The van der Waals surface area contributed by atoms with Gasteiger partial charge < -0.3 is 10.1 Å².